The summed E-state index contributed by atoms with van der Waals surface area (Å²) in [7, 11) is 0. The van der Waals surface area contributed by atoms with Crippen LogP contribution in [-0.2, 0) is 0 Å². The van der Waals surface area contributed by atoms with Gasteiger partial charge in [-0.1, -0.05) is 11.6 Å². The number of rotatable bonds is 2. The Labute approximate surface area is 123 Å². The third kappa shape index (κ3) is 3.34. The Bertz CT molecular complexity index is 662. The quantitative estimate of drug-likeness (QED) is 0.893. The summed E-state index contributed by atoms with van der Waals surface area (Å²) in [6.45, 7) is 0. The Kier molecular flexibility index (Phi) is 4.20. The number of hydrogen-bond donors (Lipinski definition) is 1. The first-order chi connectivity index (χ1) is 9.10. The molecule has 2 aromatic rings. The van der Waals surface area contributed by atoms with Crippen molar-refractivity contribution in [1.29, 1.82) is 5.26 Å². The number of halogens is 2. The molecule has 0 saturated heterocycles. The number of benzene rings is 2. The molecule has 1 amide bonds. The van der Waals surface area contributed by atoms with Crippen LogP contribution in [-0.4, -0.2) is 5.91 Å². The Morgan fingerprint density at radius 2 is 1.89 bits per heavy atom. The van der Waals surface area contributed by atoms with Gasteiger partial charge in [-0.2, -0.15) is 5.26 Å². The van der Waals surface area contributed by atoms with Crippen LogP contribution in [0.2, 0.25) is 5.02 Å². The van der Waals surface area contributed by atoms with Crippen LogP contribution >= 0.6 is 27.5 Å². The number of amides is 1. The zero-order valence-corrected chi connectivity index (χ0v) is 12.0. The van der Waals surface area contributed by atoms with Crippen molar-refractivity contribution < 1.29 is 4.79 Å². The molecule has 0 aliphatic rings. The molecule has 2 rings (SSSR count). The number of anilines is 1. The van der Waals surface area contributed by atoms with Gasteiger partial charge in [0.2, 0.25) is 0 Å². The predicted molar refractivity (Wildman–Crippen MR) is 78.3 cm³/mol. The summed E-state index contributed by atoms with van der Waals surface area (Å²) in [5.74, 6) is -0.257. The molecule has 94 valence electrons. The van der Waals surface area contributed by atoms with Gasteiger partial charge in [0.15, 0.2) is 0 Å². The van der Waals surface area contributed by atoms with Crippen molar-refractivity contribution in [3.05, 3.63) is 63.1 Å². The predicted octanol–water partition coefficient (Wildman–Crippen LogP) is 4.23. The van der Waals surface area contributed by atoms with Crippen molar-refractivity contribution in [3.8, 4) is 6.07 Å². The highest BCUT2D eigenvalue weighted by Crippen LogP contribution is 2.26. The van der Waals surface area contributed by atoms with E-state index >= 15 is 0 Å². The Morgan fingerprint density at radius 3 is 2.53 bits per heavy atom. The van der Waals surface area contributed by atoms with Crippen molar-refractivity contribution in [2.45, 2.75) is 0 Å². The zero-order valence-electron chi connectivity index (χ0n) is 9.65. The lowest BCUT2D eigenvalue weighted by atomic mass is 10.1. The maximum absolute atomic E-state index is 12.0. The third-order valence-electron chi connectivity index (χ3n) is 2.45. The van der Waals surface area contributed by atoms with E-state index in [0.29, 0.717) is 21.8 Å². The molecule has 19 heavy (non-hydrogen) atoms. The van der Waals surface area contributed by atoms with Crippen molar-refractivity contribution in [3.63, 3.8) is 0 Å². The SMILES string of the molecule is N#Cc1ccc(C(=O)Nc2cc(Cl)ccc2Br)cc1. The molecule has 0 unspecified atom stereocenters. The van der Waals surface area contributed by atoms with Gasteiger partial charge in [-0.05, 0) is 58.4 Å². The smallest absolute Gasteiger partial charge is 0.255 e. The standard InChI is InChI=1S/C14H8BrClN2O/c15-12-6-5-11(16)7-13(12)18-14(19)10-3-1-9(8-17)2-4-10/h1-7H,(H,18,19). The van der Waals surface area contributed by atoms with Gasteiger partial charge in [-0.3, -0.25) is 4.79 Å². The van der Waals surface area contributed by atoms with Gasteiger partial charge in [-0.25, -0.2) is 0 Å². The molecular weight excluding hydrogens is 328 g/mol. The summed E-state index contributed by atoms with van der Waals surface area (Å²) in [6, 6.07) is 13.6. The molecule has 1 N–H and O–H groups in total. The van der Waals surface area contributed by atoms with Crippen LogP contribution in [0.1, 0.15) is 15.9 Å². The van der Waals surface area contributed by atoms with Crippen LogP contribution in [0, 0.1) is 11.3 Å². The van der Waals surface area contributed by atoms with E-state index in [1.165, 1.54) is 0 Å². The normalized spacial score (nSPS) is 9.74. The van der Waals surface area contributed by atoms with E-state index in [4.69, 9.17) is 16.9 Å². The Balaban J connectivity index is 2.21. The van der Waals surface area contributed by atoms with Gasteiger partial charge < -0.3 is 5.32 Å². The minimum absolute atomic E-state index is 0.257. The largest absolute Gasteiger partial charge is 0.321 e. The molecule has 0 fully saturated rings. The van der Waals surface area contributed by atoms with Gasteiger partial charge in [-0.15, -0.1) is 0 Å². The molecule has 0 bridgehead atoms. The van der Waals surface area contributed by atoms with Gasteiger partial charge in [0.25, 0.3) is 5.91 Å². The van der Waals surface area contributed by atoms with E-state index in [0.717, 1.165) is 4.47 Å². The maximum atomic E-state index is 12.0. The van der Waals surface area contributed by atoms with Crippen molar-refractivity contribution in [2.75, 3.05) is 5.32 Å². The fourth-order valence-electron chi connectivity index (χ4n) is 1.48. The summed E-state index contributed by atoms with van der Waals surface area (Å²) >= 11 is 9.22. The topological polar surface area (TPSA) is 52.9 Å². The second-order valence-electron chi connectivity index (χ2n) is 3.77. The molecular formula is C14H8BrClN2O. The number of carbonyl (C=O) groups excluding carboxylic acids is 1. The summed E-state index contributed by atoms with van der Waals surface area (Å²) in [4.78, 5) is 12.0. The number of nitrogens with one attached hydrogen (secondary N) is 1. The molecule has 0 aliphatic heterocycles. The molecule has 0 radical (unpaired) electrons. The lowest BCUT2D eigenvalue weighted by Gasteiger charge is -2.07. The first kappa shape index (κ1) is 13.6. The number of hydrogen-bond acceptors (Lipinski definition) is 2. The summed E-state index contributed by atoms with van der Waals surface area (Å²) in [5, 5.41) is 12.0. The summed E-state index contributed by atoms with van der Waals surface area (Å²) < 4.78 is 0.749. The van der Waals surface area contributed by atoms with E-state index in [-0.39, 0.29) is 5.91 Å². The highest BCUT2D eigenvalue weighted by Gasteiger charge is 2.08. The van der Waals surface area contributed by atoms with Crippen LogP contribution in [0.4, 0.5) is 5.69 Å². The van der Waals surface area contributed by atoms with E-state index in [1.54, 1.807) is 42.5 Å². The van der Waals surface area contributed by atoms with Gasteiger partial charge in [0.1, 0.15) is 0 Å². The van der Waals surface area contributed by atoms with Crippen molar-refractivity contribution in [2.24, 2.45) is 0 Å². The second kappa shape index (κ2) is 5.87. The van der Waals surface area contributed by atoms with Crippen molar-refractivity contribution in [1.82, 2.24) is 0 Å². The highest BCUT2D eigenvalue weighted by atomic mass is 79.9. The first-order valence-electron chi connectivity index (χ1n) is 5.37. The zero-order chi connectivity index (χ0) is 13.8. The summed E-state index contributed by atoms with van der Waals surface area (Å²) in [5.41, 5.74) is 1.59. The molecule has 0 aliphatic carbocycles. The van der Waals surface area contributed by atoms with E-state index in [9.17, 15) is 4.79 Å². The molecule has 0 saturated carbocycles. The van der Waals surface area contributed by atoms with Gasteiger partial charge in [0.05, 0.1) is 17.3 Å². The number of nitrogens with zero attached hydrogens (tertiary/aromatic N) is 1. The van der Waals surface area contributed by atoms with Gasteiger partial charge >= 0.3 is 0 Å². The minimum Gasteiger partial charge on any atom is -0.321 e. The van der Waals surface area contributed by atoms with Crippen LogP contribution in [0.3, 0.4) is 0 Å². The first-order valence-corrected chi connectivity index (χ1v) is 6.54. The molecule has 2 aromatic carbocycles. The molecule has 0 aromatic heterocycles. The fourth-order valence-corrected chi connectivity index (χ4v) is 2.00. The fraction of sp³-hybridized carbons (Fsp3) is 0. The number of carbonyl (C=O) groups is 1. The average molecular weight is 336 g/mol. The molecule has 0 heterocycles. The minimum atomic E-state index is -0.257. The van der Waals surface area contributed by atoms with Crippen LogP contribution in [0.15, 0.2) is 46.9 Å². The van der Waals surface area contributed by atoms with E-state index < -0.39 is 0 Å². The van der Waals surface area contributed by atoms with Crippen LogP contribution in [0.5, 0.6) is 0 Å². The lowest BCUT2D eigenvalue weighted by Crippen LogP contribution is -2.12. The Morgan fingerprint density at radius 1 is 1.21 bits per heavy atom. The van der Waals surface area contributed by atoms with E-state index in [2.05, 4.69) is 21.2 Å². The molecule has 3 nitrogen and oxygen atoms in total. The van der Waals surface area contributed by atoms with Crippen molar-refractivity contribution >= 4 is 39.1 Å². The Hall–Kier alpha value is -1.83. The molecule has 0 atom stereocenters. The van der Waals surface area contributed by atoms with Crippen LogP contribution < -0.4 is 5.32 Å². The van der Waals surface area contributed by atoms with Crippen LogP contribution in [0.25, 0.3) is 0 Å². The monoisotopic (exact) mass is 334 g/mol. The van der Waals surface area contributed by atoms with Gasteiger partial charge in [0, 0.05) is 15.1 Å². The number of nitriles is 1. The lowest BCUT2D eigenvalue weighted by molar-refractivity contribution is 0.102. The average Bonchev–Trinajstić information content (AvgIpc) is 2.43. The second-order valence-corrected chi connectivity index (χ2v) is 5.06. The molecule has 0 spiro atoms. The summed E-state index contributed by atoms with van der Waals surface area (Å²) in [6.07, 6.45) is 0. The maximum Gasteiger partial charge on any atom is 0.255 e. The van der Waals surface area contributed by atoms with E-state index in [1.807, 2.05) is 6.07 Å². The third-order valence-corrected chi connectivity index (χ3v) is 3.38. The molecule has 5 heteroatoms. The highest BCUT2D eigenvalue weighted by molar-refractivity contribution is 9.10.